The van der Waals surface area contributed by atoms with Crippen LogP contribution in [0.4, 0.5) is 0 Å². The van der Waals surface area contributed by atoms with Crippen molar-refractivity contribution >= 4 is 34.2 Å². The Labute approximate surface area is 130 Å². The third-order valence-corrected chi connectivity index (χ3v) is 3.49. The number of amides is 1. The first-order chi connectivity index (χ1) is 8.54. The Morgan fingerprint density at radius 3 is 2.47 bits per heavy atom. The van der Waals surface area contributed by atoms with E-state index in [-0.39, 0.29) is 24.2 Å². The molecule has 0 aliphatic carbocycles. The molecule has 1 rings (SSSR count). The number of nitrogens with one attached hydrogen (secondary N) is 1. The minimum atomic E-state index is 0. The lowest BCUT2D eigenvalue weighted by Gasteiger charge is -2.21. The van der Waals surface area contributed by atoms with Gasteiger partial charge in [-0.05, 0) is 31.2 Å². The van der Waals surface area contributed by atoms with Crippen LogP contribution in [-0.2, 0) is 11.2 Å². The highest BCUT2D eigenvalue weighted by molar-refractivity contribution is 9.10. The smallest absolute Gasteiger partial charge is 0.226 e. The van der Waals surface area contributed by atoms with Crippen molar-refractivity contribution in [1.82, 2.24) is 10.2 Å². The Kier molecular flexibility index (Phi) is 9.06. The third kappa shape index (κ3) is 6.41. The van der Waals surface area contributed by atoms with Crippen LogP contribution in [0.15, 0.2) is 28.7 Å². The summed E-state index contributed by atoms with van der Waals surface area (Å²) in [4.78, 5) is 13.8. The highest BCUT2D eigenvalue weighted by Gasteiger charge is 2.16. The highest BCUT2D eigenvalue weighted by atomic mass is 79.9. The number of carbonyl (C=O) groups excluding carboxylic acids is 1. The Balaban J connectivity index is 0.00000324. The van der Waals surface area contributed by atoms with Crippen molar-refractivity contribution in [3.8, 4) is 0 Å². The van der Waals surface area contributed by atoms with Crippen molar-refractivity contribution in [1.29, 1.82) is 0 Å². The largest absolute Gasteiger partial charge is 0.345 e. The standard InChI is InChI=1S/C14H21BrN2O.ClH/c1-11(10-16-2)14(18)17(3)9-8-12-4-6-13(15)7-5-12;/h4-7,11,16H,8-10H2,1-3H3;1H. The summed E-state index contributed by atoms with van der Waals surface area (Å²) in [6.07, 6.45) is 0.891. The first-order valence-corrected chi connectivity index (χ1v) is 6.98. The van der Waals surface area contributed by atoms with E-state index in [4.69, 9.17) is 0 Å². The average molecular weight is 350 g/mol. The number of halogens is 2. The molecule has 108 valence electrons. The van der Waals surface area contributed by atoms with Crippen molar-refractivity contribution in [2.24, 2.45) is 5.92 Å². The molecule has 0 radical (unpaired) electrons. The molecule has 0 spiro atoms. The summed E-state index contributed by atoms with van der Waals surface area (Å²) < 4.78 is 1.08. The highest BCUT2D eigenvalue weighted by Crippen LogP contribution is 2.11. The summed E-state index contributed by atoms with van der Waals surface area (Å²) >= 11 is 3.41. The van der Waals surface area contributed by atoms with Crippen LogP contribution in [0.2, 0.25) is 0 Å². The van der Waals surface area contributed by atoms with Gasteiger partial charge < -0.3 is 10.2 Å². The van der Waals surface area contributed by atoms with E-state index in [1.807, 2.05) is 38.1 Å². The van der Waals surface area contributed by atoms with Crippen molar-refractivity contribution in [2.45, 2.75) is 13.3 Å². The summed E-state index contributed by atoms with van der Waals surface area (Å²) in [5.41, 5.74) is 1.25. The van der Waals surface area contributed by atoms with Gasteiger partial charge in [-0.1, -0.05) is 35.0 Å². The SMILES string of the molecule is CNCC(C)C(=O)N(C)CCc1ccc(Br)cc1.Cl. The average Bonchev–Trinajstić information content (AvgIpc) is 2.37. The van der Waals surface area contributed by atoms with Crippen LogP contribution in [0, 0.1) is 5.92 Å². The summed E-state index contributed by atoms with van der Waals surface area (Å²) in [5.74, 6) is 0.228. The van der Waals surface area contributed by atoms with E-state index >= 15 is 0 Å². The maximum atomic E-state index is 12.0. The van der Waals surface area contributed by atoms with Gasteiger partial charge in [-0.15, -0.1) is 12.4 Å². The summed E-state index contributed by atoms with van der Waals surface area (Å²) in [7, 11) is 3.74. The Hall–Kier alpha value is -0.580. The molecule has 0 saturated carbocycles. The number of benzene rings is 1. The quantitative estimate of drug-likeness (QED) is 0.856. The van der Waals surface area contributed by atoms with Gasteiger partial charge in [0, 0.05) is 30.5 Å². The molecular weight excluding hydrogens is 328 g/mol. The maximum absolute atomic E-state index is 12.0. The van der Waals surface area contributed by atoms with Crippen LogP contribution < -0.4 is 5.32 Å². The first-order valence-electron chi connectivity index (χ1n) is 6.18. The molecular formula is C14H22BrClN2O. The molecule has 0 fully saturated rings. The Morgan fingerprint density at radius 1 is 1.37 bits per heavy atom. The first kappa shape index (κ1) is 18.4. The summed E-state index contributed by atoms with van der Waals surface area (Å²) in [6.45, 7) is 3.44. The number of hydrogen-bond donors (Lipinski definition) is 1. The van der Waals surface area contributed by atoms with Gasteiger partial charge in [0.1, 0.15) is 0 Å². The molecule has 1 atom stereocenters. The molecule has 1 aromatic rings. The summed E-state index contributed by atoms with van der Waals surface area (Å²) in [5, 5.41) is 3.03. The van der Waals surface area contributed by atoms with Gasteiger partial charge in [0.2, 0.25) is 5.91 Å². The van der Waals surface area contributed by atoms with Crippen LogP contribution in [0.3, 0.4) is 0 Å². The number of hydrogen-bond acceptors (Lipinski definition) is 2. The van der Waals surface area contributed by atoms with Gasteiger partial charge >= 0.3 is 0 Å². The molecule has 0 heterocycles. The van der Waals surface area contributed by atoms with E-state index < -0.39 is 0 Å². The maximum Gasteiger partial charge on any atom is 0.226 e. The van der Waals surface area contributed by atoms with Gasteiger partial charge in [0.05, 0.1) is 0 Å². The van der Waals surface area contributed by atoms with E-state index in [1.54, 1.807) is 0 Å². The monoisotopic (exact) mass is 348 g/mol. The lowest BCUT2D eigenvalue weighted by atomic mass is 10.1. The zero-order valence-corrected chi connectivity index (χ0v) is 14.1. The van der Waals surface area contributed by atoms with E-state index in [2.05, 4.69) is 33.4 Å². The van der Waals surface area contributed by atoms with Crippen LogP contribution in [0.5, 0.6) is 0 Å². The molecule has 0 aliphatic rings. The predicted octanol–water partition coefficient (Wildman–Crippen LogP) is 2.73. The topological polar surface area (TPSA) is 32.3 Å². The fourth-order valence-corrected chi connectivity index (χ4v) is 2.09. The number of likely N-dealkylation sites (N-methyl/N-ethyl adjacent to an activating group) is 1. The lowest BCUT2D eigenvalue weighted by molar-refractivity contribution is -0.133. The third-order valence-electron chi connectivity index (χ3n) is 2.96. The number of carbonyl (C=O) groups is 1. The Morgan fingerprint density at radius 2 is 1.95 bits per heavy atom. The Bertz CT molecular complexity index is 384. The molecule has 3 nitrogen and oxygen atoms in total. The van der Waals surface area contributed by atoms with Crippen LogP contribution >= 0.6 is 28.3 Å². The molecule has 0 saturated heterocycles. The minimum absolute atomic E-state index is 0. The second-order valence-corrected chi connectivity index (χ2v) is 5.51. The van der Waals surface area contributed by atoms with Crippen molar-refractivity contribution in [3.63, 3.8) is 0 Å². The van der Waals surface area contributed by atoms with Gasteiger partial charge in [-0.25, -0.2) is 0 Å². The van der Waals surface area contributed by atoms with Crippen molar-refractivity contribution < 1.29 is 4.79 Å². The van der Waals surface area contributed by atoms with Crippen LogP contribution in [0.25, 0.3) is 0 Å². The molecule has 5 heteroatoms. The zero-order valence-electron chi connectivity index (χ0n) is 11.6. The predicted molar refractivity (Wildman–Crippen MR) is 85.8 cm³/mol. The molecule has 1 amide bonds. The molecule has 1 N–H and O–H groups in total. The second kappa shape index (κ2) is 9.34. The van der Waals surface area contributed by atoms with Gasteiger partial charge in [0.25, 0.3) is 0 Å². The summed E-state index contributed by atoms with van der Waals surface area (Å²) in [6, 6.07) is 8.22. The number of rotatable bonds is 6. The molecule has 0 bridgehead atoms. The van der Waals surface area contributed by atoms with E-state index in [9.17, 15) is 4.79 Å². The molecule has 0 aliphatic heterocycles. The van der Waals surface area contributed by atoms with Crippen molar-refractivity contribution in [2.75, 3.05) is 27.2 Å². The minimum Gasteiger partial charge on any atom is -0.345 e. The van der Waals surface area contributed by atoms with E-state index in [0.717, 1.165) is 24.0 Å². The zero-order chi connectivity index (χ0) is 13.5. The lowest BCUT2D eigenvalue weighted by Crippen LogP contribution is -2.37. The fraction of sp³-hybridized carbons (Fsp3) is 0.500. The van der Waals surface area contributed by atoms with Gasteiger partial charge in [-0.3, -0.25) is 4.79 Å². The number of nitrogens with zero attached hydrogens (tertiary/aromatic N) is 1. The normalized spacial score (nSPS) is 11.6. The van der Waals surface area contributed by atoms with Crippen LogP contribution in [-0.4, -0.2) is 38.0 Å². The van der Waals surface area contributed by atoms with Gasteiger partial charge in [0.15, 0.2) is 0 Å². The molecule has 1 unspecified atom stereocenters. The van der Waals surface area contributed by atoms with E-state index in [0.29, 0.717) is 0 Å². The van der Waals surface area contributed by atoms with Crippen LogP contribution in [0.1, 0.15) is 12.5 Å². The van der Waals surface area contributed by atoms with Gasteiger partial charge in [-0.2, -0.15) is 0 Å². The van der Waals surface area contributed by atoms with E-state index in [1.165, 1.54) is 5.56 Å². The van der Waals surface area contributed by atoms with Crippen molar-refractivity contribution in [3.05, 3.63) is 34.3 Å². The second-order valence-electron chi connectivity index (χ2n) is 4.59. The fourth-order valence-electron chi connectivity index (χ4n) is 1.83. The molecule has 1 aromatic carbocycles. The molecule has 19 heavy (non-hydrogen) atoms. The molecule has 0 aromatic heterocycles.